The fourth-order valence-electron chi connectivity index (χ4n) is 6.85. The number of anilines is 2. The summed E-state index contributed by atoms with van der Waals surface area (Å²) in [6.45, 7) is 4.21. The van der Waals surface area contributed by atoms with Crippen LogP contribution in [0.15, 0.2) is 72.8 Å². The van der Waals surface area contributed by atoms with Crippen LogP contribution in [0.1, 0.15) is 87.2 Å². The van der Waals surface area contributed by atoms with Crippen LogP contribution in [0.3, 0.4) is 0 Å². The van der Waals surface area contributed by atoms with Crippen molar-refractivity contribution in [2.45, 2.75) is 70.6 Å². The van der Waals surface area contributed by atoms with Crippen molar-refractivity contribution >= 4 is 47.2 Å². The summed E-state index contributed by atoms with van der Waals surface area (Å²) in [6.07, 6.45) is 1.15. The molecule has 4 amide bonds. The van der Waals surface area contributed by atoms with E-state index in [4.69, 9.17) is 0 Å². The van der Waals surface area contributed by atoms with Gasteiger partial charge in [0.1, 0.15) is 23.5 Å². The van der Waals surface area contributed by atoms with Crippen LogP contribution in [0.4, 0.5) is 33.3 Å². The maximum Gasteiger partial charge on any atom is 0.433 e. The summed E-state index contributed by atoms with van der Waals surface area (Å²) in [5.74, 6) is -4.88. The zero-order chi connectivity index (χ0) is 40.4. The Morgan fingerprint density at radius 2 is 1.02 bits per heavy atom. The standard InChI is InChI=1S/C41H39F5N6O4/c1-24-30(18-20-34(47-24)40(3,42)43)38(55)51-22-4-6-32(51)36(53)49-28-14-10-26(11-15-28)8-9-27-12-16-29(17-13-27)50-37(54)33-7-5-23-52(33)39(56)31-19-21-35(41(44,45)46)48-25(31)2/h8-21,32-33H,4-7,22-23H2,1-3H3,(H,49,53)(H,50,54)/b9-8+/t32-,33-/m0/s1. The van der Waals surface area contributed by atoms with E-state index in [1.807, 2.05) is 24.3 Å². The van der Waals surface area contributed by atoms with Gasteiger partial charge in [0.2, 0.25) is 11.8 Å². The first-order valence-electron chi connectivity index (χ1n) is 18.0. The van der Waals surface area contributed by atoms with Crippen LogP contribution in [0.5, 0.6) is 0 Å². The van der Waals surface area contributed by atoms with Crippen molar-refractivity contribution in [2.24, 2.45) is 0 Å². The molecule has 2 aliphatic rings. The Labute approximate surface area is 319 Å². The molecule has 6 rings (SSSR count). The maximum absolute atomic E-state index is 13.7. The monoisotopic (exact) mass is 774 g/mol. The summed E-state index contributed by atoms with van der Waals surface area (Å²) in [5.41, 5.74) is 1.49. The Bertz CT molecular complexity index is 2010. The van der Waals surface area contributed by atoms with E-state index < -0.39 is 53.3 Å². The van der Waals surface area contributed by atoms with E-state index in [0.717, 1.165) is 36.2 Å². The highest BCUT2D eigenvalue weighted by Crippen LogP contribution is 2.30. The zero-order valence-electron chi connectivity index (χ0n) is 30.8. The zero-order valence-corrected chi connectivity index (χ0v) is 30.8. The number of aromatic nitrogens is 2. The molecule has 10 nitrogen and oxygen atoms in total. The lowest BCUT2D eigenvalue weighted by Crippen LogP contribution is -2.43. The fourth-order valence-corrected chi connectivity index (χ4v) is 6.85. The highest BCUT2D eigenvalue weighted by Gasteiger charge is 2.38. The third-order valence-corrected chi connectivity index (χ3v) is 9.83. The molecule has 2 atom stereocenters. The van der Waals surface area contributed by atoms with Gasteiger partial charge in [0.25, 0.3) is 17.7 Å². The molecule has 292 valence electrons. The molecule has 2 aliphatic heterocycles. The second kappa shape index (κ2) is 16.0. The number of benzene rings is 2. The Morgan fingerprint density at radius 1 is 0.625 bits per heavy atom. The second-order valence-electron chi connectivity index (χ2n) is 13.9. The lowest BCUT2D eigenvalue weighted by Gasteiger charge is -2.25. The number of nitrogens with zero attached hydrogens (tertiary/aromatic N) is 4. The van der Waals surface area contributed by atoms with E-state index in [0.29, 0.717) is 43.6 Å². The summed E-state index contributed by atoms with van der Waals surface area (Å²) in [5, 5.41) is 5.69. The minimum atomic E-state index is -4.64. The molecule has 2 fully saturated rings. The van der Waals surface area contributed by atoms with Crippen LogP contribution >= 0.6 is 0 Å². The number of rotatable bonds is 9. The quantitative estimate of drug-likeness (QED) is 0.132. The molecule has 15 heteroatoms. The number of carbonyl (C=O) groups is 4. The molecule has 4 aromatic rings. The topological polar surface area (TPSA) is 125 Å². The van der Waals surface area contributed by atoms with Crippen molar-refractivity contribution in [3.05, 3.63) is 118 Å². The summed E-state index contributed by atoms with van der Waals surface area (Å²) >= 11 is 0. The average Bonchev–Trinajstić information content (AvgIpc) is 3.85. The Kier molecular flexibility index (Phi) is 11.3. The number of hydrogen-bond donors (Lipinski definition) is 2. The molecule has 4 heterocycles. The molecule has 0 radical (unpaired) electrons. The summed E-state index contributed by atoms with van der Waals surface area (Å²) in [7, 11) is 0. The van der Waals surface area contributed by atoms with Gasteiger partial charge in [-0.15, -0.1) is 0 Å². The van der Waals surface area contributed by atoms with Crippen LogP contribution in [0.25, 0.3) is 12.2 Å². The highest BCUT2D eigenvalue weighted by molar-refractivity contribution is 6.03. The first-order valence-corrected chi connectivity index (χ1v) is 18.0. The Morgan fingerprint density at radius 3 is 1.39 bits per heavy atom. The van der Waals surface area contributed by atoms with Crippen LogP contribution in [0, 0.1) is 13.8 Å². The third kappa shape index (κ3) is 8.93. The predicted molar refractivity (Wildman–Crippen MR) is 200 cm³/mol. The van der Waals surface area contributed by atoms with Crippen LogP contribution in [-0.2, 0) is 21.7 Å². The number of hydrogen-bond acceptors (Lipinski definition) is 6. The number of halogens is 5. The molecule has 2 N–H and O–H groups in total. The van der Waals surface area contributed by atoms with Gasteiger partial charge in [0.05, 0.1) is 22.5 Å². The van der Waals surface area contributed by atoms with Gasteiger partial charge in [-0.25, -0.2) is 4.98 Å². The van der Waals surface area contributed by atoms with Crippen molar-refractivity contribution < 1.29 is 41.1 Å². The highest BCUT2D eigenvalue weighted by atomic mass is 19.4. The minimum absolute atomic E-state index is 0.0148. The molecule has 0 saturated carbocycles. The molecule has 56 heavy (non-hydrogen) atoms. The van der Waals surface area contributed by atoms with E-state index in [1.54, 1.807) is 36.4 Å². The van der Waals surface area contributed by atoms with Gasteiger partial charge in [0.15, 0.2) is 0 Å². The van der Waals surface area contributed by atoms with E-state index in [-0.39, 0.29) is 35.0 Å². The van der Waals surface area contributed by atoms with Crippen molar-refractivity contribution in [3.8, 4) is 0 Å². The number of likely N-dealkylation sites (tertiary alicyclic amines) is 2. The number of aryl methyl sites for hydroxylation is 2. The molecule has 2 aromatic carbocycles. The molecule has 0 spiro atoms. The third-order valence-electron chi connectivity index (χ3n) is 9.83. The Hall–Kier alpha value is -5.99. The molecule has 0 aliphatic carbocycles. The number of pyridine rings is 2. The van der Waals surface area contributed by atoms with Gasteiger partial charge >= 0.3 is 6.18 Å². The number of nitrogens with one attached hydrogen (secondary N) is 2. The van der Waals surface area contributed by atoms with Crippen LogP contribution in [0.2, 0.25) is 0 Å². The fraction of sp³-hybridized carbons (Fsp3) is 0.317. The normalized spacial score (nSPS) is 17.4. The largest absolute Gasteiger partial charge is 0.433 e. The van der Waals surface area contributed by atoms with E-state index in [1.165, 1.54) is 29.7 Å². The van der Waals surface area contributed by atoms with Gasteiger partial charge in [-0.3, -0.25) is 24.2 Å². The number of amides is 4. The van der Waals surface area contributed by atoms with Gasteiger partial charge < -0.3 is 20.4 Å². The maximum atomic E-state index is 13.7. The Balaban J connectivity index is 1.02. The minimum Gasteiger partial charge on any atom is -0.327 e. The van der Waals surface area contributed by atoms with Gasteiger partial charge in [0, 0.05) is 31.4 Å². The lowest BCUT2D eigenvalue weighted by atomic mass is 10.1. The second-order valence-corrected chi connectivity index (χ2v) is 13.9. The van der Waals surface area contributed by atoms with Gasteiger partial charge in [-0.05, 0) is 99.2 Å². The molecular weight excluding hydrogens is 735 g/mol. The lowest BCUT2D eigenvalue weighted by molar-refractivity contribution is -0.141. The van der Waals surface area contributed by atoms with Crippen molar-refractivity contribution in [1.82, 2.24) is 19.8 Å². The van der Waals surface area contributed by atoms with Crippen molar-refractivity contribution in [2.75, 3.05) is 23.7 Å². The van der Waals surface area contributed by atoms with E-state index in [2.05, 4.69) is 20.6 Å². The summed E-state index contributed by atoms with van der Waals surface area (Å²) < 4.78 is 66.6. The van der Waals surface area contributed by atoms with Crippen LogP contribution in [-0.4, -0.2) is 68.6 Å². The SMILES string of the molecule is Cc1nc(C(C)(F)F)ccc1C(=O)N1CCC[C@H]1C(=O)Nc1ccc(/C=C/c2ccc(NC(=O)[C@@H]3CCCN3C(=O)c3ccc(C(F)(F)F)nc3C)cc2)cc1. The smallest absolute Gasteiger partial charge is 0.327 e. The number of carbonyl (C=O) groups excluding carboxylic acids is 4. The first kappa shape index (κ1) is 39.7. The predicted octanol–water partition coefficient (Wildman–Crippen LogP) is 7.88. The molecule has 2 saturated heterocycles. The molecule has 0 bridgehead atoms. The van der Waals surface area contributed by atoms with Gasteiger partial charge in [-0.2, -0.15) is 22.0 Å². The summed E-state index contributed by atoms with van der Waals surface area (Å²) in [4.78, 5) is 63.3. The van der Waals surface area contributed by atoms with Crippen LogP contribution < -0.4 is 10.6 Å². The van der Waals surface area contributed by atoms with E-state index >= 15 is 0 Å². The van der Waals surface area contributed by atoms with Gasteiger partial charge in [-0.1, -0.05) is 36.4 Å². The number of alkyl halides is 5. The molecule has 2 aromatic heterocycles. The molecular formula is C41H39F5N6O4. The van der Waals surface area contributed by atoms with Crippen molar-refractivity contribution in [1.29, 1.82) is 0 Å². The first-order chi connectivity index (χ1) is 26.5. The molecule has 0 unspecified atom stereocenters. The average molecular weight is 775 g/mol. The summed E-state index contributed by atoms with van der Waals surface area (Å²) in [6, 6.07) is 16.9. The van der Waals surface area contributed by atoms with E-state index in [9.17, 15) is 41.1 Å². The van der Waals surface area contributed by atoms with Crippen molar-refractivity contribution in [3.63, 3.8) is 0 Å².